The van der Waals surface area contributed by atoms with Crippen molar-refractivity contribution in [1.29, 1.82) is 0 Å². The first kappa shape index (κ1) is 27.7. The molecule has 0 heterocycles. The van der Waals surface area contributed by atoms with Gasteiger partial charge in [0.15, 0.2) is 0 Å². The van der Waals surface area contributed by atoms with E-state index in [1.165, 1.54) is 0 Å². The smallest absolute Gasteiger partial charge is 0.326 e. The molecule has 0 rings (SSSR count). The van der Waals surface area contributed by atoms with Crippen LogP contribution in [-0.2, 0) is 24.0 Å². The van der Waals surface area contributed by atoms with Crippen molar-refractivity contribution in [3.05, 3.63) is 0 Å². The molecule has 30 heavy (non-hydrogen) atoms. The number of nitrogens with one attached hydrogen (secondary N) is 3. The van der Waals surface area contributed by atoms with Gasteiger partial charge in [0.25, 0.3) is 0 Å². The van der Waals surface area contributed by atoms with Crippen LogP contribution in [0, 0.1) is 11.8 Å². The van der Waals surface area contributed by atoms with Gasteiger partial charge in [-0.3, -0.25) is 19.2 Å². The van der Waals surface area contributed by atoms with Gasteiger partial charge in [-0.25, -0.2) is 4.79 Å². The van der Waals surface area contributed by atoms with E-state index in [9.17, 15) is 29.1 Å². The Balaban J connectivity index is 5.20. The van der Waals surface area contributed by atoms with Crippen LogP contribution in [0.2, 0.25) is 0 Å². The van der Waals surface area contributed by atoms with Gasteiger partial charge >= 0.3 is 5.97 Å². The maximum atomic E-state index is 12.6. The van der Waals surface area contributed by atoms with E-state index in [0.29, 0.717) is 0 Å². The number of carbonyl (C=O) groups excluding carboxylic acids is 4. The molecule has 0 radical (unpaired) electrons. The number of hydrogen-bond acceptors (Lipinski definition) is 7. The fourth-order valence-electron chi connectivity index (χ4n) is 2.36. The maximum Gasteiger partial charge on any atom is 0.326 e. The third-order valence-corrected chi connectivity index (χ3v) is 4.74. The van der Waals surface area contributed by atoms with E-state index < -0.39 is 59.7 Å². The lowest BCUT2D eigenvalue weighted by molar-refractivity contribution is -0.143. The zero-order chi connectivity index (χ0) is 23.6. The molecule has 0 spiro atoms. The number of rotatable bonds is 13. The molecule has 0 aromatic carbocycles. The molecule has 172 valence electrons. The highest BCUT2D eigenvalue weighted by molar-refractivity contribution is 7.80. The minimum Gasteiger partial charge on any atom is -0.480 e. The van der Waals surface area contributed by atoms with Crippen molar-refractivity contribution >= 4 is 42.2 Å². The Morgan fingerprint density at radius 3 is 1.80 bits per heavy atom. The van der Waals surface area contributed by atoms with Crippen LogP contribution in [0.25, 0.3) is 0 Å². The van der Waals surface area contributed by atoms with Crippen molar-refractivity contribution in [1.82, 2.24) is 16.0 Å². The molecule has 12 heteroatoms. The molecule has 0 aliphatic carbocycles. The minimum absolute atomic E-state index is 0.0365. The normalized spacial score (nSPS) is 15.1. The summed E-state index contributed by atoms with van der Waals surface area (Å²) in [5.41, 5.74) is 10.8. The Labute approximate surface area is 181 Å². The Bertz CT molecular complexity index is 643. The van der Waals surface area contributed by atoms with E-state index in [2.05, 4.69) is 28.6 Å². The molecular weight excluding hydrogens is 414 g/mol. The van der Waals surface area contributed by atoms with Crippen molar-refractivity contribution in [2.75, 3.05) is 5.75 Å². The van der Waals surface area contributed by atoms with Gasteiger partial charge < -0.3 is 32.5 Å². The summed E-state index contributed by atoms with van der Waals surface area (Å²) < 4.78 is 0. The molecule has 4 unspecified atom stereocenters. The number of amides is 4. The molecule has 0 bridgehead atoms. The molecule has 0 aliphatic heterocycles. The third-order valence-electron chi connectivity index (χ3n) is 4.38. The molecule has 0 saturated carbocycles. The number of aliphatic carboxylic acids is 1. The summed E-state index contributed by atoms with van der Waals surface area (Å²) in [7, 11) is 0. The molecule has 0 aliphatic rings. The molecule has 0 saturated heterocycles. The number of carboxylic acid groups (broad SMARTS) is 1. The largest absolute Gasteiger partial charge is 0.480 e. The highest BCUT2D eigenvalue weighted by Crippen LogP contribution is 2.06. The average molecular weight is 448 g/mol. The van der Waals surface area contributed by atoms with E-state index in [4.69, 9.17) is 11.5 Å². The molecule has 8 N–H and O–H groups in total. The predicted molar refractivity (Wildman–Crippen MR) is 113 cm³/mol. The number of carbonyl (C=O) groups is 5. The van der Waals surface area contributed by atoms with Crippen LogP contribution in [0.3, 0.4) is 0 Å². The lowest BCUT2D eigenvalue weighted by Crippen LogP contribution is -2.59. The van der Waals surface area contributed by atoms with E-state index >= 15 is 0 Å². The van der Waals surface area contributed by atoms with Gasteiger partial charge in [-0.2, -0.15) is 12.6 Å². The minimum atomic E-state index is -1.34. The van der Waals surface area contributed by atoms with Gasteiger partial charge in [0.2, 0.25) is 23.6 Å². The second-order valence-electron chi connectivity index (χ2n) is 7.65. The van der Waals surface area contributed by atoms with Gasteiger partial charge in [0.05, 0.1) is 6.04 Å². The monoisotopic (exact) mass is 447 g/mol. The first-order chi connectivity index (χ1) is 13.8. The topological polar surface area (TPSA) is 194 Å². The fourth-order valence-corrected chi connectivity index (χ4v) is 2.62. The molecule has 4 amide bonds. The van der Waals surface area contributed by atoms with Gasteiger partial charge in [0.1, 0.15) is 18.1 Å². The number of primary amides is 1. The van der Waals surface area contributed by atoms with Crippen LogP contribution in [0.5, 0.6) is 0 Å². The van der Waals surface area contributed by atoms with Crippen LogP contribution in [0.4, 0.5) is 0 Å². The first-order valence-electron chi connectivity index (χ1n) is 9.60. The highest BCUT2D eigenvalue weighted by Gasteiger charge is 2.31. The summed E-state index contributed by atoms with van der Waals surface area (Å²) in [6.45, 7) is 6.84. The van der Waals surface area contributed by atoms with Crippen LogP contribution < -0.4 is 27.4 Å². The van der Waals surface area contributed by atoms with Gasteiger partial charge in [0, 0.05) is 12.2 Å². The summed E-state index contributed by atoms with van der Waals surface area (Å²) in [5, 5.41) is 16.5. The fraction of sp³-hybridized carbons (Fsp3) is 0.722. The lowest BCUT2D eigenvalue weighted by Gasteiger charge is -2.26. The highest BCUT2D eigenvalue weighted by atomic mass is 32.1. The third kappa shape index (κ3) is 9.44. The van der Waals surface area contributed by atoms with E-state index in [-0.39, 0.29) is 24.5 Å². The predicted octanol–water partition coefficient (Wildman–Crippen LogP) is -1.64. The first-order valence-corrected chi connectivity index (χ1v) is 10.2. The standard InChI is InChI=1S/C18H33N5O6S/c1-8(2)13(20)16(26)22-11(7-30)15(25)23-14(9(3)4)17(27)21-10(18(28)29)5-6-12(19)24/h8-11,13-14,30H,5-7,20H2,1-4H3,(H2,19,24)(H,21,27)(H,22,26)(H,23,25)(H,28,29). The Hall–Kier alpha value is -2.34. The van der Waals surface area contributed by atoms with Gasteiger partial charge in [-0.15, -0.1) is 0 Å². The summed E-state index contributed by atoms with van der Waals surface area (Å²) in [5.74, 6) is -4.53. The van der Waals surface area contributed by atoms with Crippen molar-refractivity contribution in [3.63, 3.8) is 0 Å². The molecule has 4 atom stereocenters. The van der Waals surface area contributed by atoms with Gasteiger partial charge in [-0.05, 0) is 18.3 Å². The summed E-state index contributed by atoms with van der Waals surface area (Å²) in [4.78, 5) is 59.5. The summed E-state index contributed by atoms with van der Waals surface area (Å²) in [6.07, 6.45) is -0.405. The van der Waals surface area contributed by atoms with Crippen LogP contribution in [0.1, 0.15) is 40.5 Å². The van der Waals surface area contributed by atoms with Gasteiger partial charge in [-0.1, -0.05) is 27.7 Å². The number of hydrogen-bond donors (Lipinski definition) is 7. The van der Waals surface area contributed by atoms with E-state index in [0.717, 1.165) is 0 Å². The number of nitrogens with two attached hydrogens (primary N) is 2. The van der Waals surface area contributed by atoms with Crippen molar-refractivity contribution in [2.45, 2.75) is 64.7 Å². The summed E-state index contributed by atoms with van der Waals surface area (Å²) >= 11 is 4.07. The lowest BCUT2D eigenvalue weighted by atomic mass is 10.0. The maximum absolute atomic E-state index is 12.6. The molecule has 0 aromatic heterocycles. The SMILES string of the molecule is CC(C)C(N)C(=O)NC(CS)C(=O)NC(C(=O)NC(CCC(N)=O)C(=O)O)C(C)C. The van der Waals surface area contributed by atoms with Crippen molar-refractivity contribution in [2.24, 2.45) is 23.3 Å². The number of carboxylic acids is 1. The zero-order valence-corrected chi connectivity index (χ0v) is 18.6. The van der Waals surface area contributed by atoms with E-state index in [1.807, 2.05) is 0 Å². The molecule has 0 fully saturated rings. The molecule has 0 aromatic rings. The Kier molecular flexibility index (Phi) is 12.0. The second kappa shape index (κ2) is 13.1. The van der Waals surface area contributed by atoms with Crippen molar-refractivity contribution < 1.29 is 29.1 Å². The Morgan fingerprint density at radius 2 is 1.40 bits per heavy atom. The average Bonchev–Trinajstić information content (AvgIpc) is 2.65. The Morgan fingerprint density at radius 1 is 0.867 bits per heavy atom. The quantitative estimate of drug-likeness (QED) is 0.164. The molecule has 11 nitrogen and oxygen atoms in total. The van der Waals surface area contributed by atoms with E-state index in [1.54, 1.807) is 27.7 Å². The number of thiol groups is 1. The molecular formula is C18H33N5O6S. The van der Waals surface area contributed by atoms with Crippen LogP contribution >= 0.6 is 12.6 Å². The second-order valence-corrected chi connectivity index (χ2v) is 8.01. The van der Waals surface area contributed by atoms with Crippen molar-refractivity contribution in [3.8, 4) is 0 Å². The van der Waals surface area contributed by atoms with Crippen LogP contribution in [-0.4, -0.2) is 64.6 Å². The zero-order valence-electron chi connectivity index (χ0n) is 17.7. The van der Waals surface area contributed by atoms with Crippen LogP contribution in [0.15, 0.2) is 0 Å². The summed E-state index contributed by atoms with van der Waals surface area (Å²) in [6, 6.07) is -4.27.